The summed E-state index contributed by atoms with van der Waals surface area (Å²) in [6.07, 6.45) is 0. The Morgan fingerprint density at radius 3 is 1.37 bits per heavy atom. The van der Waals surface area contributed by atoms with Crippen molar-refractivity contribution in [3.63, 3.8) is 0 Å². The molecule has 0 radical (unpaired) electrons. The fourth-order valence-electron chi connectivity index (χ4n) is 5.01. The number of benzene rings is 5. The Balaban J connectivity index is 1.77. The lowest BCUT2D eigenvalue weighted by Gasteiger charge is -2.27. The van der Waals surface area contributed by atoms with E-state index in [0.29, 0.717) is 22.4 Å². The number of Topliss-reactive ketones (excluding diaryl/α,β-unsaturated/α-hetero) is 2. The van der Waals surface area contributed by atoms with Crippen LogP contribution < -0.4 is 15.9 Å². The second kappa shape index (κ2) is 10.0. The number of hydrogen-bond acceptors (Lipinski definition) is 3. The first-order valence-electron chi connectivity index (χ1n) is 12.5. The van der Waals surface area contributed by atoms with Gasteiger partial charge in [0.1, 0.15) is 0 Å². The van der Waals surface area contributed by atoms with Crippen molar-refractivity contribution in [3.05, 3.63) is 168 Å². The molecule has 0 heterocycles. The number of ketones is 2. The van der Waals surface area contributed by atoms with Crippen molar-refractivity contribution in [3.8, 4) is 0 Å². The van der Waals surface area contributed by atoms with Crippen LogP contribution in [0, 0.1) is 0 Å². The molecule has 0 N–H and O–H groups in total. The number of fused-ring (bicyclic) bond motifs is 1. The van der Waals surface area contributed by atoms with Gasteiger partial charge in [0.2, 0.25) is 0 Å². The summed E-state index contributed by atoms with van der Waals surface area (Å²) in [5, 5.41) is 3.15. The maximum atomic E-state index is 13.9. The molecule has 0 bridgehead atoms. The van der Waals surface area contributed by atoms with Gasteiger partial charge in [-0.3, -0.25) is 14.3 Å². The topological polar surface area (TPSA) is 46.5 Å². The first kappa shape index (κ1) is 23.8. The summed E-state index contributed by atoms with van der Waals surface area (Å²) >= 11 is 0. The fraction of sp³-hybridized carbons (Fsp3) is 0. The summed E-state index contributed by atoms with van der Waals surface area (Å²) in [6, 6.07) is 47.0. The highest BCUT2D eigenvalue weighted by Gasteiger charge is 2.37. The van der Waals surface area contributed by atoms with Gasteiger partial charge >= 0.3 is 0 Å². The molecule has 0 aliphatic heterocycles. The molecule has 38 heavy (non-hydrogen) atoms. The van der Waals surface area contributed by atoms with E-state index in [9.17, 15) is 9.59 Å². The molecule has 0 unspecified atom stereocenters. The van der Waals surface area contributed by atoms with Crippen molar-refractivity contribution >= 4 is 40.2 Å². The minimum absolute atomic E-state index is 0.129. The second-order valence-corrected chi connectivity index (χ2v) is 12.1. The number of hydrogen-bond donors (Lipinski definition) is 0. The van der Waals surface area contributed by atoms with Crippen molar-refractivity contribution < 1.29 is 9.59 Å². The number of carbonyl (C=O) groups excluding carboxylic acids is 2. The van der Waals surface area contributed by atoms with Gasteiger partial charge in [-0.2, -0.15) is 0 Å². The average molecular weight is 510 g/mol. The molecule has 0 saturated heterocycles. The van der Waals surface area contributed by atoms with Crippen LogP contribution in [-0.2, 0) is 0 Å². The van der Waals surface area contributed by atoms with E-state index in [4.69, 9.17) is 4.74 Å². The smallest absolute Gasteiger partial charge is 0.199 e. The van der Waals surface area contributed by atoms with Crippen LogP contribution in [0.3, 0.4) is 0 Å². The Kier molecular flexibility index (Phi) is 6.29. The first-order chi connectivity index (χ1) is 18.7. The number of nitrogens with zero attached hydrogens (tertiary/aromatic N) is 1. The molecule has 3 nitrogen and oxygen atoms in total. The van der Waals surface area contributed by atoms with E-state index in [0.717, 1.165) is 15.9 Å². The second-order valence-electron chi connectivity index (χ2n) is 9.04. The van der Waals surface area contributed by atoms with Crippen LogP contribution in [0.1, 0.15) is 26.3 Å². The SMILES string of the molecule is O=C(C1=C(N=P(c2ccccc2)(c2ccccc2)c2ccccc2)c2ccccc2C1=O)c1ccccc1. The molecule has 0 atom stereocenters. The van der Waals surface area contributed by atoms with E-state index in [1.165, 1.54) is 0 Å². The molecule has 0 amide bonds. The van der Waals surface area contributed by atoms with Crippen LogP contribution >= 0.6 is 7.05 Å². The van der Waals surface area contributed by atoms with Crippen molar-refractivity contribution in [1.82, 2.24) is 0 Å². The van der Waals surface area contributed by atoms with E-state index < -0.39 is 7.05 Å². The Labute approximate surface area is 222 Å². The summed E-state index contributed by atoms with van der Waals surface area (Å²) in [6.45, 7) is 0. The molecule has 182 valence electrons. The maximum absolute atomic E-state index is 13.9. The lowest BCUT2D eigenvalue weighted by atomic mass is 10.0. The number of rotatable bonds is 6. The molecular weight excluding hydrogens is 485 g/mol. The van der Waals surface area contributed by atoms with Gasteiger partial charge < -0.3 is 0 Å². The predicted octanol–water partition coefficient (Wildman–Crippen LogP) is 6.65. The number of allylic oxidation sites excluding steroid dienone is 1. The van der Waals surface area contributed by atoms with E-state index >= 15 is 0 Å². The molecule has 0 saturated carbocycles. The highest BCUT2D eigenvalue weighted by molar-refractivity contribution is 7.87. The highest BCUT2D eigenvalue weighted by atomic mass is 31.2. The predicted molar refractivity (Wildman–Crippen MR) is 156 cm³/mol. The van der Waals surface area contributed by atoms with Crippen LogP contribution in [0.25, 0.3) is 5.70 Å². The van der Waals surface area contributed by atoms with Crippen molar-refractivity contribution in [2.75, 3.05) is 0 Å². The minimum atomic E-state index is -2.69. The quantitative estimate of drug-likeness (QED) is 0.146. The lowest BCUT2D eigenvalue weighted by molar-refractivity contribution is 0.0966. The molecule has 5 aromatic rings. The Bertz CT molecular complexity index is 1620. The van der Waals surface area contributed by atoms with Gasteiger partial charge in [-0.25, -0.2) is 0 Å². The van der Waals surface area contributed by atoms with Gasteiger partial charge in [-0.05, 0) is 0 Å². The van der Waals surface area contributed by atoms with Crippen LogP contribution in [0.4, 0.5) is 0 Å². The Morgan fingerprint density at radius 1 is 0.500 bits per heavy atom. The minimum Gasteiger partial charge on any atom is -0.288 e. The summed E-state index contributed by atoms with van der Waals surface area (Å²) in [4.78, 5) is 27.7. The zero-order valence-electron chi connectivity index (χ0n) is 20.6. The van der Waals surface area contributed by atoms with Gasteiger partial charge in [-0.1, -0.05) is 146 Å². The first-order valence-corrected chi connectivity index (χ1v) is 14.2. The van der Waals surface area contributed by atoms with Crippen LogP contribution in [-0.4, -0.2) is 11.6 Å². The van der Waals surface area contributed by atoms with Crippen molar-refractivity contribution in [1.29, 1.82) is 0 Å². The molecule has 0 fully saturated rings. The van der Waals surface area contributed by atoms with Gasteiger partial charge in [0.25, 0.3) is 0 Å². The average Bonchev–Trinajstić information content (AvgIpc) is 3.28. The number of carbonyl (C=O) groups is 2. The fourth-order valence-corrected chi connectivity index (χ4v) is 8.57. The van der Waals surface area contributed by atoms with Crippen molar-refractivity contribution in [2.45, 2.75) is 0 Å². The van der Waals surface area contributed by atoms with Crippen LogP contribution in [0.15, 0.2) is 156 Å². The van der Waals surface area contributed by atoms with E-state index in [-0.39, 0.29) is 17.1 Å². The van der Waals surface area contributed by atoms with Gasteiger partial charge in [0, 0.05) is 32.6 Å². The lowest BCUT2D eigenvalue weighted by Crippen LogP contribution is -2.25. The molecule has 0 spiro atoms. The van der Waals surface area contributed by atoms with Crippen LogP contribution in [0.2, 0.25) is 0 Å². The molecule has 6 rings (SSSR count). The normalized spacial score (nSPS) is 12.8. The molecular formula is C34H24NO2P. The molecule has 0 aromatic heterocycles. The Hall–Kier alpha value is -4.59. The molecule has 1 aliphatic rings. The molecule has 4 heteroatoms. The van der Waals surface area contributed by atoms with E-state index in [1.54, 1.807) is 18.2 Å². The zero-order chi connectivity index (χ0) is 26.0. The third kappa shape index (κ3) is 3.98. The summed E-state index contributed by atoms with van der Waals surface area (Å²) in [5.74, 6) is -0.585. The standard InChI is InChI=1S/C34H24NO2P/c36-33(25-15-5-1-6-16-25)31-32(29-23-13-14-24-30(29)34(31)37)35-38(26-17-7-2-8-18-26,27-19-9-3-10-20-27)28-21-11-4-12-22-28/h1-24H. The van der Waals surface area contributed by atoms with Gasteiger partial charge in [0.15, 0.2) is 11.6 Å². The monoisotopic (exact) mass is 509 g/mol. The van der Waals surface area contributed by atoms with Gasteiger partial charge in [-0.15, -0.1) is 0 Å². The molecule has 5 aromatic carbocycles. The molecule has 1 aliphatic carbocycles. The summed E-state index contributed by atoms with van der Waals surface area (Å²) in [5.41, 5.74) is 2.27. The zero-order valence-corrected chi connectivity index (χ0v) is 21.5. The summed E-state index contributed by atoms with van der Waals surface area (Å²) < 4.78 is 5.59. The van der Waals surface area contributed by atoms with Gasteiger partial charge in [0.05, 0.1) is 18.3 Å². The van der Waals surface area contributed by atoms with Crippen molar-refractivity contribution in [2.24, 2.45) is 4.74 Å². The third-order valence-corrected chi connectivity index (χ3v) is 10.4. The van der Waals surface area contributed by atoms with E-state index in [1.807, 2.05) is 91.0 Å². The van der Waals surface area contributed by atoms with E-state index in [2.05, 4.69) is 36.4 Å². The third-order valence-electron chi connectivity index (χ3n) is 6.79. The largest absolute Gasteiger partial charge is 0.288 e. The summed E-state index contributed by atoms with van der Waals surface area (Å²) in [7, 11) is -2.69. The Morgan fingerprint density at radius 2 is 0.895 bits per heavy atom. The maximum Gasteiger partial charge on any atom is 0.199 e. The highest BCUT2D eigenvalue weighted by Crippen LogP contribution is 2.51. The van der Waals surface area contributed by atoms with Crippen LogP contribution in [0.5, 0.6) is 0 Å².